The van der Waals surface area contributed by atoms with E-state index in [1.807, 2.05) is 36.1 Å². The van der Waals surface area contributed by atoms with Crippen LogP contribution in [0.15, 0.2) is 42.7 Å². The van der Waals surface area contributed by atoms with Gasteiger partial charge in [-0.25, -0.2) is 9.36 Å². The molecule has 3 rings (SSSR count). The number of benzene rings is 1. The van der Waals surface area contributed by atoms with Gasteiger partial charge in [0.1, 0.15) is 6.54 Å². The first-order chi connectivity index (χ1) is 12.0. The van der Waals surface area contributed by atoms with Gasteiger partial charge in [-0.15, -0.1) is 0 Å². The molecule has 1 N–H and O–H groups in total. The number of carbonyl (C=O) groups is 1. The lowest BCUT2D eigenvalue weighted by Crippen LogP contribution is -2.20. The summed E-state index contributed by atoms with van der Waals surface area (Å²) in [6, 6.07) is 8.81. The minimum atomic E-state index is -0.314. The Morgan fingerprint density at radius 2 is 1.84 bits per heavy atom. The van der Waals surface area contributed by atoms with Crippen LogP contribution in [0.25, 0.3) is 0 Å². The molecule has 0 bridgehead atoms. The second kappa shape index (κ2) is 7.43. The average Bonchev–Trinajstić information content (AvgIpc) is 3.19. The van der Waals surface area contributed by atoms with E-state index in [0.717, 1.165) is 5.82 Å². The molecule has 25 heavy (non-hydrogen) atoms. The lowest BCUT2D eigenvalue weighted by atomic mass is 10.3. The lowest BCUT2D eigenvalue weighted by Gasteiger charge is -2.09. The van der Waals surface area contributed by atoms with E-state index in [1.54, 1.807) is 22.9 Å². The zero-order valence-electron chi connectivity index (χ0n) is 13.3. The Morgan fingerprint density at radius 3 is 2.44 bits per heavy atom. The topological polar surface area (TPSA) is 56.8 Å². The van der Waals surface area contributed by atoms with Gasteiger partial charge in [0.15, 0.2) is 5.82 Å². The molecule has 0 unspecified atom stereocenters. The Morgan fingerprint density at radius 1 is 1.20 bits per heavy atom. The van der Waals surface area contributed by atoms with Crippen LogP contribution >= 0.6 is 35.4 Å². The van der Waals surface area contributed by atoms with E-state index in [4.69, 9.17) is 35.4 Å². The molecule has 6 nitrogen and oxygen atoms in total. The Labute approximate surface area is 159 Å². The normalized spacial score (nSPS) is 10.8. The number of para-hydroxylation sites is 1. The first kappa shape index (κ1) is 17.7. The highest BCUT2D eigenvalue weighted by Gasteiger charge is 2.15. The molecule has 0 aliphatic rings. The highest BCUT2D eigenvalue weighted by molar-refractivity contribution is 7.71. The monoisotopic (exact) mass is 395 g/mol. The third-order valence-electron chi connectivity index (χ3n) is 3.54. The predicted octanol–water partition coefficient (Wildman–Crippen LogP) is 4.03. The highest BCUT2D eigenvalue weighted by atomic mass is 35.5. The second-order valence-electron chi connectivity index (χ2n) is 5.23. The zero-order valence-corrected chi connectivity index (χ0v) is 15.6. The van der Waals surface area contributed by atoms with Crippen LogP contribution in [0, 0.1) is 4.77 Å². The van der Waals surface area contributed by atoms with Crippen molar-refractivity contribution in [3.63, 3.8) is 0 Å². The van der Waals surface area contributed by atoms with Crippen LogP contribution in [-0.2, 0) is 17.8 Å². The van der Waals surface area contributed by atoms with E-state index in [-0.39, 0.29) is 12.5 Å². The van der Waals surface area contributed by atoms with E-state index >= 15 is 0 Å². The number of amides is 1. The standard InChI is InChI=1S/C16H15Cl2N5OS/c1-2-13-20-22(16(25)23(13)21-8-3-4-9-21)10-14(24)19-15-11(17)6-5-7-12(15)18/h3-9H,2,10H2,1H3,(H,19,24). The van der Waals surface area contributed by atoms with E-state index in [0.29, 0.717) is 26.9 Å². The number of nitrogens with one attached hydrogen (secondary N) is 1. The van der Waals surface area contributed by atoms with Crippen LogP contribution in [0.3, 0.4) is 0 Å². The molecule has 0 radical (unpaired) electrons. The van der Waals surface area contributed by atoms with Crippen LogP contribution in [0.4, 0.5) is 5.69 Å². The Balaban J connectivity index is 1.86. The maximum absolute atomic E-state index is 12.4. The average molecular weight is 396 g/mol. The van der Waals surface area contributed by atoms with Crippen molar-refractivity contribution in [2.24, 2.45) is 0 Å². The van der Waals surface area contributed by atoms with Crippen LogP contribution in [0.5, 0.6) is 0 Å². The van der Waals surface area contributed by atoms with Crippen molar-refractivity contribution in [3.8, 4) is 0 Å². The molecule has 2 heterocycles. The number of halogens is 2. The molecular formula is C16H15Cl2N5OS. The molecule has 9 heteroatoms. The van der Waals surface area contributed by atoms with Gasteiger partial charge in [-0.05, 0) is 36.5 Å². The van der Waals surface area contributed by atoms with Gasteiger partial charge in [0.25, 0.3) is 0 Å². The van der Waals surface area contributed by atoms with Crippen molar-refractivity contribution in [2.45, 2.75) is 19.9 Å². The molecule has 0 aliphatic heterocycles. The number of nitrogens with zero attached hydrogens (tertiary/aromatic N) is 4. The van der Waals surface area contributed by atoms with Crippen molar-refractivity contribution in [1.29, 1.82) is 0 Å². The summed E-state index contributed by atoms with van der Waals surface area (Å²) in [5.41, 5.74) is 0.378. The molecule has 3 aromatic rings. The summed E-state index contributed by atoms with van der Waals surface area (Å²) in [7, 11) is 0. The Hall–Kier alpha value is -2.09. The number of carbonyl (C=O) groups excluding carboxylic acids is 1. The molecule has 0 fully saturated rings. The number of anilines is 1. The van der Waals surface area contributed by atoms with Crippen LogP contribution in [0.2, 0.25) is 10.0 Å². The molecule has 1 amide bonds. The molecule has 0 saturated carbocycles. The van der Waals surface area contributed by atoms with Gasteiger partial charge in [-0.2, -0.15) is 5.10 Å². The molecule has 1 aromatic carbocycles. The minimum Gasteiger partial charge on any atom is -0.322 e. The van der Waals surface area contributed by atoms with E-state index in [2.05, 4.69) is 10.4 Å². The Kier molecular flexibility index (Phi) is 5.27. The summed E-state index contributed by atoms with van der Waals surface area (Å²) in [6.07, 6.45) is 4.40. The molecular weight excluding hydrogens is 381 g/mol. The lowest BCUT2D eigenvalue weighted by molar-refractivity contribution is -0.116. The fraction of sp³-hybridized carbons (Fsp3) is 0.188. The van der Waals surface area contributed by atoms with Crippen molar-refractivity contribution in [3.05, 3.63) is 63.4 Å². The van der Waals surface area contributed by atoms with Gasteiger partial charge in [-0.1, -0.05) is 36.2 Å². The Bertz CT molecular complexity index is 941. The number of hydrogen-bond acceptors (Lipinski definition) is 3. The van der Waals surface area contributed by atoms with Crippen molar-refractivity contribution in [2.75, 3.05) is 5.32 Å². The van der Waals surface area contributed by atoms with E-state index in [1.165, 1.54) is 4.68 Å². The molecule has 130 valence electrons. The quantitative estimate of drug-likeness (QED) is 0.663. The van der Waals surface area contributed by atoms with Crippen molar-refractivity contribution in [1.82, 2.24) is 19.1 Å². The summed E-state index contributed by atoms with van der Waals surface area (Å²) in [5.74, 6) is 0.440. The molecule has 0 atom stereocenters. The van der Waals surface area contributed by atoms with E-state index < -0.39 is 0 Å². The first-order valence-electron chi connectivity index (χ1n) is 7.57. The summed E-state index contributed by atoms with van der Waals surface area (Å²) in [5, 5.41) is 7.89. The third kappa shape index (κ3) is 3.63. The van der Waals surface area contributed by atoms with Gasteiger partial charge in [0.2, 0.25) is 10.7 Å². The largest absolute Gasteiger partial charge is 0.322 e. The van der Waals surface area contributed by atoms with Crippen molar-refractivity contribution < 1.29 is 4.79 Å². The van der Waals surface area contributed by atoms with Gasteiger partial charge in [-0.3, -0.25) is 9.47 Å². The van der Waals surface area contributed by atoms with Gasteiger partial charge >= 0.3 is 0 Å². The van der Waals surface area contributed by atoms with Crippen LogP contribution in [0.1, 0.15) is 12.7 Å². The molecule has 2 aromatic heterocycles. The SMILES string of the molecule is CCc1nn(CC(=O)Nc2c(Cl)cccc2Cl)c(=S)n1-n1cccc1. The predicted molar refractivity (Wildman–Crippen MR) is 101 cm³/mol. The third-order valence-corrected chi connectivity index (χ3v) is 4.55. The van der Waals surface area contributed by atoms with Gasteiger partial charge in [0.05, 0.1) is 15.7 Å². The fourth-order valence-corrected chi connectivity index (χ4v) is 3.19. The number of rotatable bonds is 5. The van der Waals surface area contributed by atoms with Crippen molar-refractivity contribution >= 4 is 47.0 Å². The molecule has 0 saturated heterocycles. The fourth-order valence-electron chi connectivity index (χ4n) is 2.39. The summed E-state index contributed by atoms with van der Waals surface area (Å²) >= 11 is 17.6. The number of aryl methyl sites for hydroxylation is 1. The summed E-state index contributed by atoms with van der Waals surface area (Å²) in [4.78, 5) is 12.4. The van der Waals surface area contributed by atoms with Crippen LogP contribution in [-0.4, -0.2) is 25.0 Å². The summed E-state index contributed by atoms with van der Waals surface area (Å²) in [6.45, 7) is 1.94. The second-order valence-corrected chi connectivity index (χ2v) is 6.41. The minimum absolute atomic E-state index is 0.0400. The zero-order chi connectivity index (χ0) is 18.0. The van der Waals surface area contributed by atoms with Gasteiger partial charge in [0, 0.05) is 18.8 Å². The molecule has 0 spiro atoms. The number of aromatic nitrogens is 4. The smallest absolute Gasteiger partial charge is 0.246 e. The van der Waals surface area contributed by atoms with Gasteiger partial charge < -0.3 is 5.32 Å². The maximum Gasteiger partial charge on any atom is 0.246 e. The number of hydrogen-bond donors (Lipinski definition) is 1. The highest BCUT2D eigenvalue weighted by Crippen LogP contribution is 2.29. The summed E-state index contributed by atoms with van der Waals surface area (Å²) < 4.78 is 5.51. The van der Waals surface area contributed by atoms with Crippen LogP contribution < -0.4 is 5.32 Å². The first-order valence-corrected chi connectivity index (χ1v) is 8.74. The maximum atomic E-state index is 12.4. The molecule has 0 aliphatic carbocycles. The van der Waals surface area contributed by atoms with E-state index in [9.17, 15) is 4.79 Å².